The third kappa shape index (κ3) is 5.27. The molecule has 0 saturated carbocycles. The molecule has 2 aromatic rings. The number of ether oxygens (including phenoxy) is 2. The van der Waals surface area contributed by atoms with Gasteiger partial charge in [-0.3, -0.25) is 10.1 Å². The molecule has 0 spiro atoms. The summed E-state index contributed by atoms with van der Waals surface area (Å²) in [5.74, 6) is 0. The van der Waals surface area contributed by atoms with E-state index < -0.39 is 6.09 Å². The second kappa shape index (κ2) is 8.76. The van der Waals surface area contributed by atoms with Gasteiger partial charge in [0.1, 0.15) is 13.3 Å². The average Bonchev–Trinajstić information content (AvgIpc) is 2.52. The number of carbonyl (C=O) groups excluding carboxylic acids is 1. The summed E-state index contributed by atoms with van der Waals surface area (Å²) in [6.45, 7) is 4.27. The van der Waals surface area contributed by atoms with Crippen molar-refractivity contribution in [1.82, 2.24) is 10.3 Å². The number of hydrogen-bond acceptors (Lipinski definition) is 4. The van der Waals surface area contributed by atoms with Crippen molar-refractivity contribution < 1.29 is 14.3 Å². The topological polar surface area (TPSA) is 80.4 Å². The van der Waals surface area contributed by atoms with E-state index in [0.717, 1.165) is 16.5 Å². The Balaban J connectivity index is 0.00000106. The van der Waals surface area contributed by atoms with Gasteiger partial charge in [-0.25, -0.2) is 4.79 Å². The molecule has 2 N–H and O–H groups in total. The Bertz CT molecular complexity index is 637. The molecule has 1 aromatic heterocycles. The summed E-state index contributed by atoms with van der Waals surface area (Å²) in [5.41, 5.74) is 1.45. The second-order valence-electron chi connectivity index (χ2n) is 3.93. The average molecular weight is 292 g/mol. The van der Waals surface area contributed by atoms with E-state index in [1.165, 1.54) is 13.2 Å². The van der Waals surface area contributed by atoms with E-state index in [4.69, 9.17) is 4.74 Å². The number of carbonyl (C=O) groups is 1. The molecule has 0 aliphatic heterocycles. The lowest BCUT2D eigenvalue weighted by atomic mass is 10.1. The standard InChI is InChI=1S/C13H14N2O4.C2H6/c1-18-8-14-13(17)19-7-9-2-4-11-10(6-9)3-5-12(16)15-11;1-2/h2-6H,7-8H2,1H3,(H,14,17)(H,15,16);1-2H3. The highest BCUT2D eigenvalue weighted by Gasteiger charge is 2.02. The van der Waals surface area contributed by atoms with Gasteiger partial charge in [-0.05, 0) is 29.1 Å². The molecule has 0 aliphatic carbocycles. The molecule has 0 bridgehead atoms. The maximum absolute atomic E-state index is 11.2. The number of hydrogen-bond donors (Lipinski definition) is 2. The van der Waals surface area contributed by atoms with Gasteiger partial charge in [0, 0.05) is 18.7 Å². The Morgan fingerprint density at radius 1 is 1.24 bits per heavy atom. The van der Waals surface area contributed by atoms with Crippen LogP contribution < -0.4 is 10.9 Å². The van der Waals surface area contributed by atoms with Crippen LogP contribution in [-0.4, -0.2) is 24.9 Å². The summed E-state index contributed by atoms with van der Waals surface area (Å²) in [6, 6.07) is 8.61. The third-order valence-electron chi connectivity index (χ3n) is 2.52. The molecule has 0 saturated heterocycles. The molecule has 0 aliphatic rings. The molecule has 1 aromatic carbocycles. The first-order chi connectivity index (χ1) is 10.2. The first-order valence-corrected chi connectivity index (χ1v) is 6.70. The number of benzene rings is 1. The summed E-state index contributed by atoms with van der Waals surface area (Å²) in [5, 5.41) is 3.30. The number of fused-ring (bicyclic) bond motifs is 1. The van der Waals surface area contributed by atoms with E-state index in [1.54, 1.807) is 18.2 Å². The zero-order valence-electron chi connectivity index (χ0n) is 12.4. The molecule has 0 fully saturated rings. The Morgan fingerprint density at radius 3 is 2.71 bits per heavy atom. The molecule has 6 nitrogen and oxygen atoms in total. The van der Waals surface area contributed by atoms with Crippen LogP contribution >= 0.6 is 0 Å². The number of aromatic amines is 1. The molecular formula is C15H20N2O4. The summed E-state index contributed by atoms with van der Waals surface area (Å²) >= 11 is 0. The summed E-state index contributed by atoms with van der Waals surface area (Å²) in [6.07, 6.45) is -0.539. The van der Waals surface area contributed by atoms with Crippen molar-refractivity contribution in [3.63, 3.8) is 0 Å². The van der Waals surface area contributed by atoms with Crippen LogP contribution in [-0.2, 0) is 16.1 Å². The van der Waals surface area contributed by atoms with Gasteiger partial charge in [-0.2, -0.15) is 0 Å². The maximum Gasteiger partial charge on any atom is 0.409 e. The van der Waals surface area contributed by atoms with Gasteiger partial charge in [0.15, 0.2) is 0 Å². The molecule has 1 amide bonds. The van der Waals surface area contributed by atoms with Crippen LogP contribution in [0, 0.1) is 0 Å². The number of rotatable bonds is 4. The maximum atomic E-state index is 11.2. The molecule has 0 unspecified atom stereocenters. The minimum absolute atomic E-state index is 0.109. The van der Waals surface area contributed by atoms with Crippen molar-refractivity contribution in [2.75, 3.05) is 13.8 Å². The molecule has 1 heterocycles. The number of alkyl carbamates (subject to hydrolysis) is 1. The van der Waals surface area contributed by atoms with Crippen molar-refractivity contribution >= 4 is 17.0 Å². The van der Waals surface area contributed by atoms with Crippen LogP contribution in [0.2, 0.25) is 0 Å². The zero-order valence-corrected chi connectivity index (χ0v) is 12.4. The van der Waals surface area contributed by atoms with Gasteiger partial charge in [0.25, 0.3) is 0 Å². The lowest BCUT2D eigenvalue weighted by Gasteiger charge is -2.07. The van der Waals surface area contributed by atoms with Crippen LogP contribution in [0.4, 0.5) is 4.79 Å². The third-order valence-corrected chi connectivity index (χ3v) is 2.52. The molecule has 0 radical (unpaired) electrons. The van der Waals surface area contributed by atoms with E-state index in [1.807, 2.05) is 19.9 Å². The number of H-pyrrole nitrogens is 1. The molecular weight excluding hydrogens is 272 g/mol. The Hall–Kier alpha value is -2.34. The van der Waals surface area contributed by atoms with Crippen molar-refractivity contribution in [2.45, 2.75) is 20.5 Å². The number of methoxy groups -OCH3 is 1. The van der Waals surface area contributed by atoms with E-state index in [-0.39, 0.29) is 18.9 Å². The molecule has 2 rings (SSSR count). The molecule has 114 valence electrons. The van der Waals surface area contributed by atoms with Crippen molar-refractivity contribution in [3.8, 4) is 0 Å². The van der Waals surface area contributed by atoms with Gasteiger partial charge in [0.2, 0.25) is 5.56 Å². The lowest BCUT2D eigenvalue weighted by Crippen LogP contribution is -2.25. The first-order valence-electron chi connectivity index (χ1n) is 6.70. The zero-order chi connectivity index (χ0) is 15.7. The van der Waals surface area contributed by atoms with Gasteiger partial charge in [-0.15, -0.1) is 0 Å². The highest BCUT2D eigenvalue weighted by atomic mass is 16.6. The minimum atomic E-state index is -0.539. The summed E-state index contributed by atoms with van der Waals surface area (Å²) in [7, 11) is 1.48. The van der Waals surface area contributed by atoms with Crippen LogP contribution in [0.25, 0.3) is 10.9 Å². The van der Waals surface area contributed by atoms with Crippen LogP contribution in [0.15, 0.2) is 35.1 Å². The van der Waals surface area contributed by atoms with E-state index in [0.29, 0.717) is 0 Å². The Kier molecular flexibility index (Phi) is 6.97. The molecule has 6 heteroatoms. The smallest absolute Gasteiger partial charge is 0.409 e. The van der Waals surface area contributed by atoms with Gasteiger partial charge >= 0.3 is 6.09 Å². The molecule has 21 heavy (non-hydrogen) atoms. The van der Waals surface area contributed by atoms with Crippen molar-refractivity contribution in [2.24, 2.45) is 0 Å². The minimum Gasteiger partial charge on any atom is -0.445 e. The first kappa shape index (κ1) is 16.7. The number of nitrogens with one attached hydrogen (secondary N) is 2. The van der Waals surface area contributed by atoms with Crippen molar-refractivity contribution in [1.29, 1.82) is 0 Å². The van der Waals surface area contributed by atoms with Crippen molar-refractivity contribution in [3.05, 3.63) is 46.2 Å². The number of aromatic nitrogens is 1. The number of amides is 1. The highest BCUT2D eigenvalue weighted by Crippen LogP contribution is 2.12. The lowest BCUT2D eigenvalue weighted by molar-refractivity contribution is 0.115. The van der Waals surface area contributed by atoms with E-state index in [2.05, 4.69) is 15.0 Å². The fourth-order valence-electron chi connectivity index (χ4n) is 1.62. The van der Waals surface area contributed by atoms with E-state index in [9.17, 15) is 9.59 Å². The summed E-state index contributed by atoms with van der Waals surface area (Å²) < 4.78 is 9.69. The predicted molar refractivity (Wildman–Crippen MR) is 81.1 cm³/mol. The largest absolute Gasteiger partial charge is 0.445 e. The van der Waals surface area contributed by atoms with E-state index >= 15 is 0 Å². The predicted octanol–water partition coefficient (Wildman–Crippen LogP) is 2.38. The Morgan fingerprint density at radius 2 is 2.00 bits per heavy atom. The van der Waals surface area contributed by atoms with Crippen LogP contribution in [0.1, 0.15) is 19.4 Å². The fourth-order valence-corrected chi connectivity index (χ4v) is 1.62. The van der Waals surface area contributed by atoms with Crippen LogP contribution in [0.3, 0.4) is 0 Å². The van der Waals surface area contributed by atoms with Gasteiger partial charge < -0.3 is 14.5 Å². The quantitative estimate of drug-likeness (QED) is 0.848. The summed E-state index contributed by atoms with van der Waals surface area (Å²) in [4.78, 5) is 25.1. The fraction of sp³-hybridized carbons (Fsp3) is 0.333. The van der Waals surface area contributed by atoms with Gasteiger partial charge in [0.05, 0.1) is 0 Å². The van der Waals surface area contributed by atoms with Crippen LogP contribution in [0.5, 0.6) is 0 Å². The van der Waals surface area contributed by atoms with Gasteiger partial charge in [-0.1, -0.05) is 19.9 Å². The second-order valence-corrected chi connectivity index (χ2v) is 3.93. The number of pyridine rings is 1. The SMILES string of the molecule is CC.COCNC(=O)OCc1ccc2[nH]c(=O)ccc2c1. The monoisotopic (exact) mass is 292 g/mol. The Labute approximate surface area is 123 Å². The highest BCUT2D eigenvalue weighted by molar-refractivity contribution is 5.78. The normalized spacial score (nSPS) is 9.67. The molecule has 0 atom stereocenters.